The number of hydrogen-bond donors (Lipinski definition) is 2. The van der Waals surface area contributed by atoms with E-state index in [0.717, 1.165) is 13.0 Å². The molecular weight excluding hydrogens is 188 g/mol. The van der Waals surface area contributed by atoms with Crippen molar-refractivity contribution < 1.29 is 5.11 Å². The molecule has 3 heteroatoms. The molecule has 1 unspecified atom stereocenters. The van der Waals surface area contributed by atoms with Crippen LogP contribution in [0.5, 0.6) is 0 Å². The molecule has 2 N–H and O–H groups in total. The van der Waals surface area contributed by atoms with Crippen LogP contribution in [0, 0.1) is 5.41 Å². The summed E-state index contributed by atoms with van der Waals surface area (Å²) < 4.78 is 0. The molecule has 1 atom stereocenters. The van der Waals surface area contributed by atoms with Crippen molar-refractivity contribution in [3.63, 3.8) is 0 Å². The third-order valence-corrected chi connectivity index (χ3v) is 3.69. The molecule has 1 rings (SSSR count). The predicted molar refractivity (Wildman–Crippen MR) is 64.0 cm³/mol. The molecule has 0 saturated carbocycles. The summed E-state index contributed by atoms with van der Waals surface area (Å²) in [5, 5.41) is 12.5. The molecule has 0 aromatic carbocycles. The van der Waals surface area contributed by atoms with Crippen LogP contribution in [0.15, 0.2) is 0 Å². The van der Waals surface area contributed by atoms with Gasteiger partial charge in [0.15, 0.2) is 0 Å². The number of aliphatic hydroxyl groups excluding tert-OH is 1. The van der Waals surface area contributed by atoms with E-state index in [9.17, 15) is 5.11 Å². The topological polar surface area (TPSA) is 35.5 Å². The molecule has 0 aromatic heterocycles. The van der Waals surface area contributed by atoms with E-state index in [1.807, 2.05) is 7.05 Å². The Kier molecular flexibility index (Phi) is 4.15. The number of nitrogens with one attached hydrogen (secondary N) is 1. The largest absolute Gasteiger partial charge is 0.394 e. The third-order valence-electron chi connectivity index (χ3n) is 3.69. The van der Waals surface area contributed by atoms with Gasteiger partial charge in [-0.25, -0.2) is 0 Å². The van der Waals surface area contributed by atoms with Gasteiger partial charge in [-0.3, -0.25) is 0 Å². The Bertz CT molecular complexity index is 200. The van der Waals surface area contributed by atoms with E-state index in [-0.39, 0.29) is 12.1 Å². The molecule has 0 bridgehead atoms. The highest BCUT2D eigenvalue weighted by molar-refractivity contribution is 4.86. The van der Waals surface area contributed by atoms with E-state index in [1.165, 1.54) is 19.5 Å². The van der Waals surface area contributed by atoms with Gasteiger partial charge < -0.3 is 15.3 Å². The smallest absolute Gasteiger partial charge is 0.0610 e. The van der Waals surface area contributed by atoms with E-state index in [2.05, 4.69) is 31.0 Å². The average Bonchev–Trinajstić information content (AvgIpc) is 2.55. The fraction of sp³-hybridized carbons (Fsp3) is 1.00. The molecule has 0 amide bonds. The van der Waals surface area contributed by atoms with Crippen LogP contribution < -0.4 is 5.32 Å². The minimum Gasteiger partial charge on any atom is -0.394 e. The fourth-order valence-electron chi connectivity index (χ4n) is 2.10. The van der Waals surface area contributed by atoms with Gasteiger partial charge in [0, 0.05) is 12.1 Å². The van der Waals surface area contributed by atoms with Gasteiger partial charge in [-0.1, -0.05) is 13.8 Å². The van der Waals surface area contributed by atoms with Crippen LogP contribution in [0.25, 0.3) is 0 Å². The van der Waals surface area contributed by atoms with Crippen LogP contribution >= 0.6 is 0 Å². The molecule has 0 radical (unpaired) electrons. The second-order valence-electron chi connectivity index (χ2n) is 5.91. The van der Waals surface area contributed by atoms with Crippen molar-refractivity contribution in [2.45, 2.75) is 39.2 Å². The molecule has 0 aromatic rings. The number of nitrogens with zero attached hydrogens (tertiary/aromatic N) is 1. The minimum absolute atomic E-state index is 0.118. The van der Waals surface area contributed by atoms with Gasteiger partial charge in [0.05, 0.1) is 6.61 Å². The number of rotatable bonds is 5. The molecule has 1 aliphatic rings. The summed E-state index contributed by atoms with van der Waals surface area (Å²) in [7, 11) is 1.92. The number of hydrogen-bond acceptors (Lipinski definition) is 3. The van der Waals surface area contributed by atoms with E-state index in [0.29, 0.717) is 5.41 Å². The second-order valence-corrected chi connectivity index (χ2v) is 5.91. The Morgan fingerprint density at radius 2 is 2.13 bits per heavy atom. The summed E-state index contributed by atoms with van der Waals surface area (Å²) in [5.41, 5.74) is 0.363. The van der Waals surface area contributed by atoms with E-state index >= 15 is 0 Å². The Hall–Kier alpha value is -0.120. The van der Waals surface area contributed by atoms with Crippen molar-refractivity contribution in [3.05, 3.63) is 0 Å². The maximum atomic E-state index is 9.28. The SMILES string of the molecule is CNC(C)(CO)CCN1CCC(C)(C)C1. The molecule has 1 heterocycles. The first-order valence-electron chi connectivity index (χ1n) is 5.93. The molecule has 15 heavy (non-hydrogen) atoms. The van der Waals surface area contributed by atoms with Crippen molar-refractivity contribution >= 4 is 0 Å². The summed E-state index contributed by atoms with van der Waals surface area (Å²) in [5.74, 6) is 0. The van der Waals surface area contributed by atoms with Gasteiger partial charge >= 0.3 is 0 Å². The predicted octanol–water partition coefficient (Wildman–Crippen LogP) is 1.08. The minimum atomic E-state index is -0.118. The summed E-state index contributed by atoms with van der Waals surface area (Å²) >= 11 is 0. The Balaban J connectivity index is 2.32. The maximum Gasteiger partial charge on any atom is 0.0610 e. The Morgan fingerprint density at radius 1 is 1.47 bits per heavy atom. The number of likely N-dealkylation sites (N-methyl/N-ethyl adjacent to an activating group) is 1. The monoisotopic (exact) mass is 214 g/mol. The molecular formula is C12H26N2O. The quantitative estimate of drug-likeness (QED) is 0.719. The zero-order valence-electron chi connectivity index (χ0n) is 10.6. The van der Waals surface area contributed by atoms with Crippen molar-refractivity contribution in [1.29, 1.82) is 0 Å². The second kappa shape index (κ2) is 4.81. The highest BCUT2D eigenvalue weighted by Crippen LogP contribution is 2.29. The summed E-state index contributed by atoms with van der Waals surface area (Å²) in [6, 6.07) is 0. The van der Waals surface area contributed by atoms with Crippen LogP contribution in [0.3, 0.4) is 0 Å². The molecule has 3 nitrogen and oxygen atoms in total. The van der Waals surface area contributed by atoms with Crippen LogP contribution in [-0.4, -0.2) is 48.8 Å². The van der Waals surface area contributed by atoms with Gasteiger partial charge in [-0.15, -0.1) is 0 Å². The standard InChI is InChI=1S/C12H26N2O/c1-11(2)5-7-14(9-11)8-6-12(3,10-15)13-4/h13,15H,5-10H2,1-4H3. The number of likely N-dealkylation sites (tertiary alicyclic amines) is 1. The lowest BCUT2D eigenvalue weighted by atomic mass is 9.93. The zero-order chi connectivity index (χ0) is 11.5. The average molecular weight is 214 g/mol. The lowest BCUT2D eigenvalue weighted by Gasteiger charge is -2.29. The lowest BCUT2D eigenvalue weighted by molar-refractivity contribution is 0.155. The number of aliphatic hydroxyl groups is 1. The first-order chi connectivity index (χ1) is 6.91. The van der Waals surface area contributed by atoms with Gasteiger partial charge in [-0.05, 0) is 45.3 Å². The van der Waals surface area contributed by atoms with Crippen LogP contribution in [0.2, 0.25) is 0 Å². The summed E-state index contributed by atoms with van der Waals surface area (Å²) in [4.78, 5) is 2.51. The van der Waals surface area contributed by atoms with Crippen LogP contribution in [0.4, 0.5) is 0 Å². The van der Waals surface area contributed by atoms with E-state index in [1.54, 1.807) is 0 Å². The van der Waals surface area contributed by atoms with Gasteiger partial charge in [0.2, 0.25) is 0 Å². The molecule has 0 spiro atoms. The van der Waals surface area contributed by atoms with Crippen molar-refractivity contribution in [2.75, 3.05) is 33.3 Å². The molecule has 1 aliphatic heterocycles. The first kappa shape index (κ1) is 12.9. The normalized spacial score (nSPS) is 25.4. The summed E-state index contributed by atoms with van der Waals surface area (Å²) in [6.45, 7) is 10.4. The van der Waals surface area contributed by atoms with E-state index in [4.69, 9.17) is 0 Å². The Labute approximate surface area is 93.9 Å². The van der Waals surface area contributed by atoms with Gasteiger partial charge in [-0.2, -0.15) is 0 Å². The van der Waals surface area contributed by atoms with Crippen molar-refractivity contribution in [3.8, 4) is 0 Å². The molecule has 0 aliphatic carbocycles. The fourth-order valence-corrected chi connectivity index (χ4v) is 2.10. The van der Waals surface area contributed by atoms with Crippen molar-refractivity contribution in [1.82, 2.24) is 10.2 Å². The molecule has 1 saturated heterocycles. The van der Waals surface area contributed by atoms with Crippen molar-refractivity contribution in [2.24, 2.45) is 5.41 Å². The highest BCUT2D eigenvalue weighted by atomic mass is 16.3. The Morgan fingerprint density at radius 3 is 2.53 bits per heavy atom. The highest BCUT2D eigenvalue weighted by Gasteiger charge is 2.30. The maximum absolute atomic E-state index is 9.28. The third kappa shape index (κ3) is 3.74. The first-order valence-corrected chi connectivity index (χ1v) is 5.93. The van der Waals surface area contributed by atoms with E-state index < -0.39 is 0 Å². The van der Waals surface area contributed by atoms with Gasteiger partial charge in [0.1, 0.15) is 0 Å². The van der Waals surface area contributed by atoms with Crippen LogP contribution in [-0.2, 0) is 0 Å². The van der Waals surface area contributed by atoms with Crippen LogP contribution in [0.1, 0.15) is 33.6 Å². The lowest BCUT2D eigenvalue weighted by Crippen LogP contribution is -2.46. The molecule has 1 fully saturated rings. The van der Waals surface area contributed by atoms with Gasteiger partial charge in [0.25, 0.3) is 0 Å². The zero-order valence-corrected chi connectivity index (χ0v) is 10.6. The molecule has 90 valence electrons. The summed E-state index contributed by atoms with van der Waals surface area (Å²) in [6.07, 6.45) is 2.30.